The Balaban J connectivity index is 1.86. The molecule has 3 heteroatoms. The molecule has 0 radical (unpaired) electrons. The van der Waals surface area contributed by atoms with Crippen LogP contribution in [0.3, 0.4) is 0 Å². The van der Waals surface area contributed by atoms with Gasteiger partial charge in [-0.3, -0.25) is 4.98 Å². The van der Waals surface area contributed by atoms with Gasteiger partial charge in [0, 0.05) is 42.6 Å². The zero-order chi connectivity index (χ0) is 14.5. The van der Waals surface area contributed by atoms with Crippen molar-refractivity contribution in [2.45, 2.75) is 26.4 Å². The van der Waals surface area contributed by atoms with Crippen LogP contribution in [0.4, 0.5) is 0 Å². The fourth-order valence-electron chi connectivity index (χ4n) is 2.67. The maximum absolute atomic E-state index is 4.19. The van der Waals surface area contributed by atoms with E-state index in [1.54, 1.807) is 0 Å². The van der Waals surface area contributed by atoms with Crippen molar-refractivity contribution in [1.82, 2.24) is 14.9 Å². The van der Waals surface area contributed by atoms with Crippen LogP contribution in [-0.2, 0) is 13.1 Å². The van der Waals surface area contributed by atoms with Crippen molar-refractivity contribution in [3.05, 3.63) is 66.1 Å². The van der Waals surface area contributed by atoms with E-state index >= 15 is 0 Å². The fraction of sp³-hybridized carbons (Fsp3) is 0.278. The van der Waals surface area contributed by atoms with Gasteiger partial charge < -0.3 is 9.88 Å². The molecule has 3 nitrogen and oxygen atoms in total. The van der Waals surface area contributed by atoms with Crippen LogP contribution in [0.25, 0.3) is 10.9 Å². The molecule has 0 atom stereocenters. The van der Waals surface area contributed by atoms with E-state index < -0.39 is 0 Å². The first-order valence-electron chi connectivity index (χ1n) is 7.55. The molecule has 0 saturated heterocycles. The van der Waals surface area contributed by atoms with Gasteiger partial charge in [0.2, 0.25) is 0 Å². The van der Waals surface area contributed by atoms with E-state index in [1.807, 2.05) is 18.5 Å². The molecule has 2 aromatic heterocycles. The van der Waals surface area contributed by atoms with Crippen LogP contribution >= 0.6 is 0 Å². The van der Waals surface area contributed by atoms with Crippen LogP contribution < -0.4 is 5.32 Å². The molecule has 0 aliphatic heterocycles. The molecule has 0 bridgehead atoms. The van der Waals surface area contributed by atoms with Crippen LogP contribution in [0.5, 0.6) is 0 Å². The van der Waals surface area contributed by atoms with E-state index in [4.69, 9.17) is 0 Å². The first kappa shape index (κ1) is 13.8. The monoisotopic (exact) mass is 279 g/mol. The molecule has 0 aliphatic carbocycles. The molecule has 0 fully saturated rings. The van der Waals surface area contributed by atoms with Crippen LogP contribution in [0.2, 0.25) is 0 Å². The standard InChI is InChI=1S/C18H21N3/c1-2-9-19-13-16-6-3-7-18-17(16)8-11-21(18)14-15-5-4-10-20-12-15/h3-8,10-12,19H,2,9,13-14H2,1H3. The average molecular weight is 279 g/mol. The number of nitrogens with zero attached hydrogens (tertiary/aromatic N) is 2. The van der Waals surface area contributed by atoms with E-state index in [0.29, 0.717) is 0 Å². The molecule has 2 heterocycles. The van der Waals surface area contributed by atoms with Crippen LogP contribution in [-0.4, -0.2) is 16.1 Å². The first-order valence-corrected chi connectivity index (χ1v) is 7.55. The van der Waals surface area contributed by atoms with Gasteiger partial charge in [0.15, 0.2) is 0 Å². The number of aromatic nitrogens is 2. The van der Waals surface area contributed by atoms with Gasteiger partial charge >= 0.3 is 0 Å². The highest BCUT2D eigenvalue weighted by molar-refractivity contribution is 5.83. The molecule has 3 aromatic rings. The molecule has 0 aliphatic rings. The lowest BCUT2D eigenvalue weighted by atomic mass is 10.1. The summed E-state index contributed by atoms with van der Waals surface area (Å²) in [5.41, 5.74) is 3.88. The van der Waals surface area contributed by atoms with Gasteiger partial charge in [-0.25, -0.2) is 0 Å². The van der Waals surface area contributed by atoms with Crippen molar-refractivity contribution in [3.8, 4) is 0 Å². The van der Waals surface area contributed by atoms with Crippen molar-refractivity contribution < 1.29 is 0 Å². The Morgan fingerprint density at radius 2 is 2.10 bits per heavy atom. The van der Waals surface area contributed by atoms with Gasteiger partial charge in [-0.05, 0) is 42.3 Å². The number of fused-ring (bicyclic) bond motifs is 1. The highest BCUT2D eigenvalue weighted by Gasteiger charge is 2.05. The van der Waals surface area contributed by atoms with Gasteiger partial charge in [-0.1, -0.05) is 25.1 Å². The lowest BCUT2D eigenvalue weighted by Crippen LogP contribution is -2.13. The lowest BCUT2D eigenvalue weighted by molar-refractivity contribution is 0.678. The summed E-state index contributed by atoms with van der Waals surface area (Å²) >= 11 is 0. The third kappa shape index (κ3) is 3.14. The van der Waals surface area contributed by atoms with Gasteiger partial charge in [-0.2, -0.15) is 0 Å². The highest BCUT2D eigenvalue weighted by atomic mass is 15.0. The summed E-state index contributed by atoms with van der Waals surface area (Å²) < 4.78 is 2.29. The molecule has 21 heavy (non-hydrogen) atoms. The Hall–Kier alpha value is -2.13. The van der Waals surface area contributed by atoms with Crippen molar-refractivity contribution in [2.75, 3.05) is 6.54 Å². The number of benzene rings is 1. The van der Waals surface area contributed by atoms with Crippen LogP contribution in [0, 0.1) is 0 Å². The van der Waals surface area contributed by atoms with E-state index in [1.165, 1.54) is 22.0 Å². The minimum Gasteiger partial charge on any atom is -0.343 e. The molecule has 0 saturated carbocycles. The minimum atomic E-state index is 0.864. The molecule has 0 unspecified atom stereocenters. The highest BCUT2D eigenvalue weighted by Crippen LogP contribution is 2.21. The maximum Gasteiger partial charge on any atom is 0.0491 e. The van der Waals surface area contributed by atoms with Crippen LogP contribution in [0.1, 0.15) is 24.5 Å². The Bertz CT molecular complexity index is 701. The lowest BCUT2D eigenvalue weighted by Gasteiger charge is -2.08. The van der Waals surface area contributed by atoms with Crippen molar-refractivity contribution in [1.29, 1.82) is 0 Å². The van der Waals surface area contributed by atoms with Gasteiger partial charge in [0.25, 0.3) is 0 Å². The largest absolute Gasteiger partial charge is 0.343 e. The molecule has 0 amide bonds. The quantitative estimate of drug-likeness (QED) is 0.699. The summed E-state index contributed by atoms with van der Waals surface area (Å²) in [6.07, 6.45) is 7.08. The second-order valence-corrected chi connectivity index (χ2v) is 5.33. The molecule has 1 aromatic carbocycles. The molecule has 1 N–H and O–H groups in total. The molecule has 108 valence electrons. The summed E-state index contributed by atoms with van der Waals surface area (Å²) in [6.45, 7) is 5.05. The van der Waals surface area contributed by atoms with Crippen molar-refractivity contribution in [3.63, 3.8) is 0 Å². The number of hydrogen-bond donors (Lipinski definition) is 1. The Labute approximate surface area is 125 Å². The second-order valence-electron chi connectivity index (χ2n) is 5.33. The molecular weight excluding hydrogens is 258 g/mol. The predicted molar refractivity (Wildman–Crippen MR) is 87.3 cm³/mol. The van der Waals surface area contributed by atoms with Crippen LogP contribution in [0.15, 0.2) is 55.0 Å². The smallest absolute Gasteiger partial charge is 0.0491 e. The van der Waals surface area contributed by atoms with Gasteiger partial charge in [0.05, 0.1) is 0 Å². The van der Waals surface area contributed by atoms with Gasteiger partial charge in [0.1, 0.15) is 0 Å². The molecular formula is C18H21N3. The van der Waals surface area contributed by atoms with E-state index in [2.05, 4.69) is 58.3 Å². The third-order valence-corrected chi connectivity index (χ3v) is 3.72. The Kier molecular flexibility index (Phi) is 4.31. The summed E-state index contributed by atoms with van der Waals surface area (Å²) in [6, 6.07) is 12.9. The maximum atomic E-state index is 4.19. The molecule has 3 rings (SSSR count). The average Bonchev–Trinajstić information content (AvgIpc) is 2.93. The predicted octanol–water partition coefficient (Wildman–Crippen LogP) is 3.58. The zero-order valence-electron chi connectivity index (χ0n) is 12.4. The fourth-order valence-corrected chi connectivity index (χ4v) is 2.67. The number of nitrogens with one attached hydrogen (secondary N) is 1. The topological polar surface area (TPSA) is 29.9 Å². The summed E-state index contributed by atoms with van der Waals surface area (Å²) in [5, 5.41) is 4.82. The van der Waals surface area contributed by atoms with Crippen molar-refractivity contribution >= 4 is 10.9 Å². The van der Waals surface area contributed by atoms with E-state index in [0.717, 1.165) is 26.1 Å². The van der Waals surface area contributed by atoms with Crippen molar-refractivity contribution in [2.24, 2.45) is 0 Å². The summed E-state index contributed by atoms with van der Waals surface area (Å²) in [7, 11) is 0. The zero-order valence-corrected chi connectivity index (χ0v) is 12.4. The summed E-state index contributed by atoms with van der Waals surface area (Å²) in [5.74, 6) is 0. The normalized spacial score (nSPS) is 11.1. The van der Waals surface area contributed by atoms with E-state index in [9.17, 15) is 0 Å². The number of pyridine rings is 1. The van der Waals surface area contributed by atoms with E-state index in [-0.39, 0.29) is 0 Å². The first-order chi connectivity index (χ1) is 10.4. The van der Waals surface area contributed by atoms with Gasteiger partial charge in [-0.15, -0.1) is 0 Å². The number of rotatable bonds is 6. The Morgan fingerprint density at radius 3 is 2.90 bits per heavy atom. The molecule has 0 spiro atoms. The minimum absolute atomic E-state index is 0.864. The second kappa shape index (κ2) is 6.55. The SMILES string of the molecule is CCCNCc1cccc2c1ccn2Cc1cccnc1. The number of hydrogen-bond acceptors (Lipinski definition) is 2. The third-order valence-electron chi connectivity index (χ3n) is 3.72. The summed E-state index contributed by atoms with van der Waals surface area (Å²) in [4.78, 5) is 4.19. The Morgan fingerprint density at radius 1 is 1.14 bits per heavy atom.